The Bertz CT molecular complexity index is 406. The molecule has 3 nitrogen and oxygen atoms in total. The molecular formula is C12H16Cl2N2O. The van der Waals surface area contributed by atoms with Gasteiger partial charge in [-0.3, -0.25) is 0 Å². The smallest absolute Gasteiger partial charge is 0.121 e. The fraction of sp³-hybridized carbons (Fsp3) is 0.500. The molecule has 0 amide bonds. The second-order valence-electron chi connectivity index (χ2n) is 4.44. The van der Waals surface area contributed by atoms with E-state index >= 15 is 0 Å². The number of hydrogen-bond acceptors (Lipinski definition) is 3. The van der Waals surface area contributed by atoms with Crippen LogP contribution >= 0.6 is 23.2 Å². The molecule has 1 aliphatic heterocycles. The molecule has 17 heavy (non-hydrogen) atoms. The number of phenolic OH excluding ortho intramolecular Hbond substituents is 1. The van der Waals surface area contributed by atoms with E-state index in [1.807, 2.05) is 0 Å². The molecule has 1 heterocycles. The number of phenols is 1. The average molecular weight is 275 g/mol. The predicted octanol–water partition coefficient (Wildman–Crippen LogP) is 2.70. The van der Waals surface area contributed by atoms with Crippen molar-refractivity contribution in [2.24, 2.45) is 11.7 Å². The Morgan fingerprint density at radius 1 is 1.24 bits per heavy atom. The summed E-state index contributed by atoms with van der Waals surface area (Å²) in [7, 11) is 0. The molecule has 1 fully saturated rings. The Kier molecular flexibility index (Phi) is 4.15. The highest BCUT2D eigenvalue weighted by Crippen LogP contribution is 2.36. The van der Waals surface area contributed by atoms with E-state index in [4.69, 9.17) is 28.9 Å². The van der Waals surface area contributed by atoms with Gasteiger partial charge in [0.05, 0.1) is 10.0 Å². The fourth-order valence-corrected chi connectivity index (χ4v) is 2.61. The third-order valence-corrected chi connectivity index (χ3v) is 4.04. The van der Waals surface area contributed by atoms with Gasteiger partial charge in [-0.15, -0.1) is 0 Å². The lowest BCUT2D eigenvalue weighted by Gasteiger charge is -2.28. The van der Waals surface area contributed by atoms with Gasteiger partial charge >= 0.3 is 0 Å². The zero-order chi connectivity index (χ0) is 12.4. The van der Waals surface area contributed by atoms with Gasteiger partial charge in [-0.25, -0.2) is 0 Å². The number of nitrogens with one attached hydrogen (secondary N) is 1. The van der Waals surface area contributed by atoms with Crippen molar-refractivity contribution in [2.45, 2.75) is 18.9 Å². The van der Waals surface area contributed by atoms with Crippen LogP contribution in [0.15, 0.2) is 12.1 Å². The SMILES string of the molecule is N[C@@H](c1cc(Cl)c(Cl)cc1O)C1CCNCC1. The third-order valence-electron chi connectivity index (χ3n) is 3.32. The van der Waals surface area contributed by atoms with Gasteiger partial charge in [-0.2, -0.15) is 0 Å². The van der Waals surface area contributed by atoms with Crippen LogP contribution in [0, 0.1) is 5.92 Å². The highest BCUT2D eigenvalue weighted by atomic mass is 35.5. The van der Waals surface area contributed by atoms with Gasteiger partial charge in [-0.1, -0.05) is 23.2 Å². The second-order valence-corrected chi connectivity index (χ2v) is 5.25. The van der Waals surface area contributed by atoms with Gasteiger partial charge in [0, 0.05) is 17.7 Å². The average Bonchev–Trinajstić information content (AvgIpc) is 2.34. The van der Waals surface area contributed by atoms with Crippen molar-refractivity contribution in [2.75, 3.05) is 13.1 Å². The Balaban J connectivity index is 2.23. The summed E-state index contributed by atoms with van der Waals surface area (Å²) in [5.41, 5.74) is 6.89. The van der Waals surface area contributed by atoms with Gasteiger partial charge in [0.15, 0.2) is 0 Å². The molecule has 0 radical (unpaired) electrons. The molecule has 0 bridgehead atoms. The summed E-state index contributed by atoms with van der Waals surface area (Å²) >= 11 is 11.8. The number of rotatable bonds is 2. The van der Waals surface area contributed by atoms with Crippen LogP contribution in [0.25, 0.3) is 0 Å². The summed E-state index contributed by atoms with van der Waals surface area (Å²) < 4.78 is 0. The highest BCUT2D eigenvalue weighted by Gasteiger charge is 2.24. The standard InChI is InChI=1S/C12H16Cl2N2O/c13-9-5-8(11(17)6-10(9)14)12(15)7-1-3-16-4-2-7/h5-7,12,16-17H,1-4,15H2/t12-/m1/s1. The fourth-order valence-electron chi connectivity index (χ4n) is 2.28. The van der Waals surface area contributed by atoms with Crippen LogP contribution in [-0.2, 0) is 0 Å². The quantitative estimate of drug-likeness (QED) is 0.777. The highest BCUT2D eigenvalue weighted by molar-refractivity contribution is 6.42. The molecule has 0 aromatic heterocycles. The van der Waals surface area contributed by atoms with Gasteiger partial charge in [0.1, 0.15) is 5.75 Å². The number of aromatic hydroxyl groups is 1. The lowest BCUT2D eigenvalue weighted by Crippen LogP contribution is -2.33. The van der Waals surface area contributed by atoms with E-state index in [0.717, 1.165) is 25.9 Å². The first-order chi connectivity index (χ1) is 8.09. The topological polar surface area (TPSA) is 58.3 Å². The molecule has 0 spiro atoms. The molecule has 5 heteroatoms. The summed E-state index contributed by atoms with van der Waals surface area (Å²) in [5, 5.41) is 14.0. The number of nitrogens with two attached hydrogens (primary N) is 1. The first-order valence-corrected chi connectivity index (χ1v) is 6.49. The first kappa shape index (κ1) is 13.0. The van der Waals surface area contributed by atoms with E-state index in [0.29, 0.717) is 21.5 Å². The Hall–Kier alpha value is -0.480. The largest absolute Gasteiger partial charge is 0.508 e. The molecule has 2 rings (SSSR count). The van der Waals surface area contributed by atoms with Crippen LogP contribution in [0.4, 0.5) is 0 Å². The Morgan fingerprint density at radius 2 is 1.82 bits per heavy atom. The predicted molar refractivity (Wildman–Crippen MR) is 70.6 cm³/mol. The van der Waals surface area contributed by atoms with Crippen LogP contribution in [0.3, 0.4) is 0 Å². The van der Waals surface area contributed by atoms with Crippen molar-refractivity contribution in [3.8, 4) is 5.75 Å². The normalized spacial score (nSPS) is 19.2. The third kappa shape index (κ3) is 2.86. The van der Waals surface area contributed by atoms with Crippen molar-refractivity contribution in [1.29, 1.82) is 0 Å². The lowest BCUT2D eigenvalue weighted by atomic mass is 9.86. The molecule has 1 aliphatic rings. The molecule has 0 unspecified atom stereocenters. The van der Waals surface area contributed by atoms with E-state index in [2.05, 4.69) is 5.32 Å². The van der Waals surface area contributed by atoms with E-state index < -0.39 is 0 Å². The molecule has 0 saturated carbocycles. The first-order valence-electron chi connectivity index (χ1n) is 5.74. The molecular weight excluding hydrogens is 259 g/mol. The maximum atomic E-state index is 9.88. The minimum absolute atomic E-state index is 0.130. The van der Waals surface area contributed by atoms with E-state index in [1.165, 1.54) is 6.07 Å². The molecule has 4 N–H and O–H groups in total. The van der Waals surface area contributed by atoms with Crippen molar-refractivity contribution in [3.05, 3.63) is 27.7 Å². The summed E-state index contributed by atoms with van der Waals surface area (Å²) in [6.45, 7) is 1.95. The maximum absolute atomic E-state index is 9.88. The van der Waals surface area contributed by atoms with Gasteiger partial charge in [0.25, 0.3) is 0 Å². The van der Waals surface area contributed by atoms with Crippen molar-refractivity contribution < 1.29 is 5.11 Å². The van der Waals surface area contributed by atoms with Crippen molar-refractivity contribution >= 4 is 23.2 Å². The van der Waals surface area contributed by atoms with Crippen LogP contribution < -0.4 is 11.1 Å². The molecule has 1 atom stereocenters. The Morgan fingerprint density at radius 3 is 2.47 bits per heavy atom. The van der Waals surface area contributed by atoms with E-state index in [-0.39, 0.29) is 11.8 Å². The molecule has 1 aromatic rings. The van der Waals surface area contributed by atoms with E-state index in [9.17, 15) is 5.11 Å². The molecule has 1 saturated heterocycles. The van der Waals surface area contributed by atoms with E-state index in [1.54, 1.807) is 6.07 Å². The maximum Gasteiger partial charge on any atom is 0.121 e. The van der Waals surface area contributed by atoms with Gasteiger partial charge < -0.3 is 16.2 Å². The van der Waals surface area contributed by atoms with Gasteiger partial charge in [-0.05, 0) is 37.9 Å². The number of hydrogen-bond donors (Lipinski definition) is 3. The number of halogens is 2. The Labute approximate surface area is 111 Å². The van der Waals surface area contributed by atoms with Crippen LogP contribution in [-0.4, -0.2) is 18.2 Å². The zero-order valence-electron chi connectivity index (χ0n) is 9.42. The van der Waals surface area contributed by atoms with Gasteiger partial charge in [0.2, 0.25) is 0 Å². The monoisotopic (exact) mass is 274 g/mol. The minimum Gasteiger partial charge on any atom is -0.508 e. The molecule has 0 aliphatic carbocycles. The second kappa shape index (κ2) is 5.44. The summed E-state index contributed by atoms with van der Waals surface area (Å²) in [5.74, 6) is 0.504. The summed E-state index contributed by atoms with van der Waals surface area (Å²) in [6.07, 6.45) is 2.03. The number of piperidine rings is 1. The van der Waals surface area contributed by atoms with Crippen LogP contribution in [0.1, 0.15) is 24.4 Å². The van der Waals surface area contributed by atoms with Crippen molar-refractivity contribution in [1.82, 2.24) is 5.32 Å². The van der Waals surface area contributed by atoms with Crippen LogP contribution in [0.5, 0.6) is 5.75 Å². The number of benzene rings is 1. The van der Waals surface area contributed by atoms with Crippen LogP contribution in [0.2, 0.25) is 10.0 Å². The lowest BCUT2D eigenvalue weighted by molar-refractivity contribution is 0.316. The minimum atomic E-state index is -0.188. The molecule has 94 valence electrons. The molecule has 1 aromatic carbocycles. The zero-order valence-corrected chi connectivity index (χ0v) is 10.9. The summed E-state index contributed by atoms with van der Waals surface area (Å²) in [4.78, 5) is 0. The van der Waals surface area contributed by atoms with Crippen molar-refractivity contribution in [3.63, 3.8) is 0 Å². The summed E-state index contributed by atoms with van der Waals surface area (Å²) in [6, 6.07) is 2.94.